The van der Waals surface area contributed by atoms with E-state index in [2.05, 4.69) is 5.32 Å². The Morgan fingerprint density at radius 1 is 1.03 bits per heavy atom. The van der Waals surface area contributed by atoms with Gasteiger partial charge in [-0.25, -0.2) is 0 Å². The van der Waals surface area contributed by atoms with Crippen LogP contribution < -0.4 is 19.7 Å². The van der Waals surface area contributed by atoms with Crippen LogP contribution in [0, 0.1) is 0 Å². The van der Waals surface area contributed by atoms with Crippen LogP contribution in [0.3, 0.4) is 0 Å². The van der Waals surface area contributed by atoms with E-state index in [-0.39, 0.29) is 30.3 Å². The molecule has 0 saturated carbocycles. The number of nitrogens with one attached hydrogen (secondary N) is 1. The number of carbonyl (C=O) groups excluding carboxylic acids is 3. The average molecular weight is 452 g/mol. The second-order valence-electron chi connectivity index (χ2n) is 8.23. The van der Waals surface area contributed by atoms with E-state index in [0.29, 0.717) is 36.6 Å². The minimum Gasteiger partial charge on any atom is -0.497 e. The van der Waals surface area contributed by atoms with Gasteiger partial charge in [0.1, 0.15) is 11.5 Å². The maximum Gasteiger partial charge on any atom is 0.251 e. The highest BCUT2D eigenvalue weighted by atomic mass is 16.5. The number of methoxy groups -OCH3 is 2. The summed E-state index contributed by atoms with van der Waals surface area (Å²) in [6.07, 6.45) is 3.13. The van der Waals surface area contributed by atoms with Gasteiger partial charge in [-0.15, -0.1) is 0 Å². The molecular formula is C25H29N3O5. The number of carbonyl (C=O) groups is 3. The molecule has 1 atom stereocenters. The Morgan fingerprint density at radius 2 is 1.82 bits per heavy atom. The predicted octanol–water partition coefficient (Wildman–Crippen LogP) is 2.92. The Morgan fingerprint density at radius 3 is 2.48 bits per heavy atom. The molecule has 0 bridgehead atoms. The number of likely N-dealkylation sites (tertiary alicyclic amines) is 1. The van der Waals surface area contributed by atoms with Gasteiger partial charge in [0.2, 0.25) is 11.8 Å². The number of hydrogen-bond acceptors (Lipinski definition) is 5. The fraction of sp³-hybridized carbons (Fsp3) is 0.400. The first kappa shape index (κ1) is 22.6. The quantitative estimate of drug-likeness (QED) is 0.699. The third-order valence-corrected chi connectivity index (χ3v) is 6.29. The number of nitrogens with zero attached hydrogens (tertiary/aromatic N) is 2. The molecule has 8 nitrogen and oxygen atoms in total. The zero-order valence-electron chi connectivity index (χ0n) is 19.0. The van der Waals surface area contributed by atoms with Crippen LogP contribution in [0.15, 0.2) is 42.5 Å². The van der Waals surface area contributed by atoms with Crippen LogP contribution in [0.1, 0.15) is 47.6 Å². The lowest BCUT2D eigenvalue weighted by Crippen LogP contribution is -2.40. The van der Waals surface area contributed by atoms with Crippen molar-refractivity contribution in [3.8, 4) is 11.5 Å². The van der Waals surface area contributed by atoms with Gasteiger partial charge in [-0.3, -0.25) is 14.4 Å². The summed E-state index contributed by atoms with van der Waals surface area (Å²) in [5, 5.41) is 2.73. The maximum atomic E-state index is 13.0. The van der Waals surface area contributed by atoms with E-state index in [1.54, 1.807) is 48.3 Å². The standard InChI is InChI=1S/C25H29N3O5/c1-32-19-11-12-20(22(15-19)33-2)21-5-3-14-28(21)24(30)16-26-25(31)17-7-9-18(10-8-17)27-13-4-6-23(27)29/h7-12,15,21H,3-6,13-14,16H2,1-2H3,(H,26,31)/t21-/m0/s1. The Kier molecular flexibility index (Phi) is 6.82. The molecule has 2 aromatic rings. The Labute approximate surface area is 193 Å². The molecule has 0 aromatic heterocycles. The van der Waals surface area contributed by atoms with E-state index in [0.717, 1.165) is 30.5 Å². The van der Waals surface area contributed by atoms with Crippen LogP contribution in [-0.2, 0) is 9.59 Å². The van der Waals surface area contributed by atoms with Gasteiger partial charge in [-0.1, -0.05) is 0 Å². The molecule has 0 aliphatic carbocycles. The van der Waals surface area contributed by atoms with Gasteiger partial charge in [0, 0.05) is 42.4 Å². The van der Waals surface area contributed by atoms with Crippen LogP contribution in [0.4, 0.5) is 5.69 Å². The molecule has 3 amide bonds. The number of benzene rings is 2. The summed E-state index contributed by atoms with van der Waals surface area (Å²) in [5.74, 6) is 1.02. The Balaban J connectivity index is 1.38. The first-order valence-corrected chi connectivity index (χ1v) is 11.2. The van der Waals surface area contributed by atoms with Crippen LogP contribution in [-0.4, -0.2) is 56.5 Å². The van der Waals surface area contributed by atoms with Crippen molar-refractivity contribution in [2.24, 2.45) is 0 Å². The van der Waals surface area contributed by atoms with E-state index in [9.17, 15) is 14.4 Å². The lowest BCUT2D eigenvalue weighted by Gasteiger charge is -2.26. The molecule has 4 rings (SSSR count). The normalized spacial score (nSPS) is 17.9. The van der Waals surface area contributed by atoms with Crippen LogP contribution in [0.25, 0.3) is 0 Å². The van der Waals surface area contributed by atoms with Crippen LogP contribution in [0.2, 0.25) is 0 Å². The lowest BCUT2D eigenvalue weighted by molar-refractivity contribution is -0.131. The van der Waals surface area contributed by atoms with Crippen molar-refractivity contribution in [2.75, 3.05) is 38.8 Å². The molecule has 2 saturated heterocycles. The minimum atomic E-state index is -0.319. The lowest BCUT2D eigenvalue weighted by atomic mass is 10.0. The highest BCUT2D eigenvalue weighted by molar-refractivity contribution is 5.98. The molecular weight excluding hydrogens is 422 g/mol. The fourth-order valence-electron chi connectivity index (χ4n) is 4.56. The summed E-state index contributed by atoms with van der Waals surface area (Å²) in [5.41, 5.74) is 2.17. The molecule has 0 radical (unpaired) electrons. The molecule has 2 heterocycles. The van der Waals surface area contributed by atoms with Gasteiger partial charge in [0.05, 0.1) is 26.8 Å². The molecule has 2 aliphatic rings. The first-order chi connectivity index (χ1) is 16.0. The number of amides is 3. The molecule has 33 heavy (non-hydrogen) atoms. The summed E-state index contributed by atoms with van der Waals surface area (Å²) < 4.78 is 10.8. The summed E-state index contributed by atoms with van der Waals surface area (Å²) >= 11 is 0. The smallest absolute Gasteiger partial charge is 0.251 e. The van der Waals surface area contributed by atoms with E-state index < -0.39 is 0 Å². The third kappa shape index (κ3) is 4.79. The van der Waals surface area contributed by atoms with E-state index >= 15 is 0 Å². The van der Waals surface area contributed by atoms with Crippen molar-refractivity contribution < 1.29 is 23.9 Å². The molecule has 0 spiro atoms. The Hall–Kier alpha value is -3.55. The molecule has 2 fully saturated rings. The fourth-order valence-corrected chi connectivity index (χ4v) is 4.56. The largest absolute Gasteiger partial charge is 0.497 e. The zero-order chi connectivity index (χ0) is 23.4. The number of anilines is 1. The van der Waals surface area contributed by atoms with Crippen molar-refractivity contribution in [3.63, 3.8) is 0 Å². The van der Waals surface area contributed by atoms with E-state index in [4.69, 9.17) is 9.47 Å². The van der Waals surface area contributed by atoms with Gasteiger partial charge >= 0.3 is 0 Å². The number of rotatable bonds is 7. The monoisotopic (exact) mass is 451 g/mol. The summed E-state index contributed by atoms with van der Waals surface area (Å²) in [4.78, 5) is 41.0. The SMILES string of the molecule is COc1ccc([C@@H]2CCCN2C(=O)CNC(=O)c2ccc(N3CCCC3=O)cc2)c(OC)c1. The van der Waals surface area contributed by atoms with Crippen LogP contribution >= 0.6 is 0 Å². The highest BCUT2D eigenvalue weighted by Crippen LogP contribution is 2.38. The third-order valence-electron chi connectivity index (χ3n) is 6.29. The van der Waals surface area contributed by atoms with Gasteiger partial charge in [-0.2, -0.15) is 0 Å². The van der Waals surface area contributed by atoms with E-state index in [1.165, 1.54) is 0 Å². The molecule has 174 valence electrons. The van der Waals surface area contributed by atoms with Crippen molar-refractivity contribution in [1.29, 1.82) is 0 Å². The zero-order valence-corrected chi connectivity index (χ0v) is 19.0. The van der Waals surface area contributed by atoms with Gasteiger partial charge in [0.25, 0.3) is 5.91 Å². The molecule has 8 heteroatoms. The van der Waals surface area contributed by atoms with Crippen molar-refractivity contribution in [2.45, 2.75) is 31.7 Å². The topological polar surface area (TPSA) is 88.2 Å². The predicted molar refractivity (Wildman–Crippen MR) is 124 cm³/mol. The molecule has 2 aliphatic heterocycles. The second kappa shape index (κ2) is 9.94. The number of hydrogen-bond donors (Lipinski definition) is 1. The number of ether oxygens (including phenoxy) is 2. The highest BCUT2D eigenvalue weighted by Gasteiger charge is 2.32. The van der Waals surface area contributed by atoms with Gasteiger partial charge < -0.3 is 24.6 Å². The average Bonchev–Trinajstić information content (AvgIpc) is 3.51. The summed E-state index contributed by atoms with van der Waals surface area (Å²) in [6.45, 7) is 1.25. The van der Waals surface area contributed by atoms with Crippen LogP contribution in [0.5, 0.6) is 11.5 Å². The van der Waals surface area contributed by atoms with Gasteiger partial charge in [0.15, 0.2) is 0 Å². The summed E-state index contributed by atoms with van der Waals surface area (Å²) in [7, 11) is 3.20. The summed E-state index contributed by atoms with van der Waals surface area (Å²) in [6, 6.07) is 12.4. The molecule has 2 aromatic carbocycles. The van der Waals surface area contributed by atoms with Gasteiger partial charge in [-0.05, 0) is 55.7 Å². The Bertz CT molecular complexity index is 1040. The van der Waals surface area contributed by atoms with Crippen molar-refractivity contribution >= 4 is 23.4 Å². The first-order valence-electron chi connectivity index (χ1n) is 11.2. The maximum absolute atomic E-state index is 13.0. The van der Waals surface area contributed by atoms with E-state index in [1.807, 2.05) is 18.2 Å². The second-order valence-corrected chi connectivity index (χ2v) is 8.23. The molecule has 0 unspecified atom stereocenters. The minimum absolute atomic E-state index is 0.0832. The van der Waals surface area contributed by atoms with Crippen molar-refractivity contribution in [1.82, 2.24) is 10.2 Å². The molecule has 1 N–H and O–H groups in total. The van der Waals surface area contributed by atoms with Crippen molar-refractivity contribution in [3.05, 3.63) is 53.6 Å².